The minimum Gasteiger partial charge on any atom is -0.492 e. The van der Waals surface area contributed by atoms with E-state index in [1.54, 1.807) is 18.2 Å². The highest BCUT2D eigenvalue weighted by atomic mass is 32.2. The molecule has 0 fully saturated rings. The van der Waals surface area contributed by atoms with Gasteiger partial charge in [0.15, 0.2) is 0 Å². The molecule has 0 aliphatic rings. The van der Waals surface area contributed by atoms with Crippen molar-refractivity contribution in [3.63, 3.8) is 0 Å². The number of hydrogen-bond acceptors (Lipinski definition) is 7. The maximum Gasteiger partial charge on any atom is 0.269 e. The van der Waals surface area contributed by atoms with E-state index in [1.807, 2.05) is 44.2 Å². The Balaban J connectivity index is 1.54. The maximum atomic E-state index is 12.3. The predicted octanol–water partition coefficient (Wildman–Crippen LogP) is 2.76. The van der Waals surface area contributed by atoms with E-state index in [9.17, 15) is 13.2 Å². The molecule has 1 heterocycles. The summed E-state index contributed by atoms with van der Waals surface area (Å²) in [5, 5.41) is 10.1. The average molecular weight is 433 g/mol. The smallest absolute Gasteiger partial charge is 0.269 e. The number of aryl methyl sites for hydroxylation is 2. The number of anilines is 1. The number of ether oxygens (including phenoxy) is 1. The van der Waals surface area contributed by atoms with Crippen molar-refractivity contribution in [2.45, 2.75) is 18.2 Å². The second kappa shape index (κ2) is 9.12. The molecule has 8 nitrogen and oxygen atoms in total. The van der Waals surface area contributed by atoms with Gasteiger partial charge in [-0.3, -0.25) is 10.1 Å². The Hall–Kier alpha value is -2.82. The first-order valence-electron chi connectivity index (χ1n) is 8.74. The third kappa shape index (κ3) is 5.83. The Bertz CT molecular complexity index is 1100. The molecule has 10 heteroatoms. The summed E-state index contributed by atoms with van der Waals surface area (Å²) >= 11 is 0.778. The van der Waals surface area contributed by atoms with Crippen LogP contribution in [0.1, 0.15) is 21.5 Å². The molecule has 0 radical (unpaired) electrons. The van der Waals surface area contributed by atoms with Gasteiger partial charge >= 0.3 is 0 Å². The van der Waals surface area contributed by atoms with Gasteiger partial charge in [-0.2, -0.15) is 0 Å². The molecule has 0 spiro atoms. The predicted molar refractivity (Wildman–Crippen MR) is 111 cm³/mol. The molecule has 152 valence electrons. The lowest BCUT2D eigenvalue weighted by atomic mass is 10.1. The second-order valence-electron chi connectivity index (χ2n) is 6.26. The molecule has 0 saturated heterocycles. The van der Waals surface area contributed by atoms with Gasteiger partial charge in [0.2, 0.25) is 9.47 Å². The van der Waals surface area contributed by atoms with Gasteiger partial charge in [0.25, 0.3) is 15.9 Å². The minimum atomic E-state index is -3.84. The highest BCUT2D eigenvalue weighted by Gasteiger charge is 2.20. The summed E-state index contributed by atoms with van der Waals surface area (Å²) in [5.74, 6) is 0.278. The van der Waals surface area contributed by atoms with E-state index >= 15 is 0 Å². The Morgan fingerprint density at radius 1 is 1.07 bits per heavy atom. The number of carbonyl (C=O) groups excluding carboxylic acids is 1. The minimum absolute atomic E-state index is 0.0702. The highest BCUT2D eigenvalue weighted by Crippen LogP contribution is 2.20. The normalized spacial score (nSPS) is 11.2. The van der Waals surface area contributed by atoms with E-state index in [0.717, 1.165) is 22.5 Å². The molecule has 29 heavy (non-hydrogen) atoms. The number of nitrogens with one attached hydrogen (secondary N) is 2. The van der Waals surface area contributed by atoms with Crippen LogP contribution in [0.2, 0.25) is 0 Å². The Morgan fingerprint density at radius 3 is 2.55 bits per heavy atom. The van der Waals surface area contributed by atoms with Crippen LogP contribution < -0.4 is 14.8 Å². The molecule has 0 aliphatic carbocycles. The Labute approximate surface area is 173 Å². The van der Waals surface area contributed by atoms with Crippen LogP contribution in [0.3, 0.4) is 0 Å². The monoisotopic (exact) mass is 432 g/mol. The van der Waals surface area contributed by atoms with Gasteiger partial charge in [0.1, 0.15) is 12.4 Å². The third-order valence-corrected chi connectivity index (χ3v) is 6.49. The van der Waals surface area contributed by atoms with E-state index in [0.29, 0.717) is 11.3 Å². The Kier molecular flexibility index (Phi) is 6.57. The zero-order valence-electron chi connectivity index (χ0n) is 15.9. The fraction of sp³-hybridized carbons (Fsp3) is 0.211. The quantitative estimate of drug-likeness (QED) is 0.418. The van der Waals surface area contributed by atoms with Gasteiger partial charge in [-0.15, -0.1) is 10.2 Å². The first kappa shape index (κ1) is 20.9. The van der Waals surface area contributed by atoms with Crippen molar-refractivity contribution in [3.8, 4) is 5.75 Å². The lowest BCUT2D eigenvalue weighted by molar-refractivity contribution is 0.102. The van der Waals surface area contributed by atoms with Crippen molar-refractivity contribution in [2.75, 3.05) is 18.5 Å². The van der Waals surface area contributed by atoms with Crippen molar-refractivity contribution in [1.29, 1.82) is 0 Å². The summed E-state index contributed by atoms with van der Waals surface area (Å²) in [6.07, 6.45) is 0. The van der Waals surface area contributed by atoms with Gasteiger partial charge in [0.05, 0.1) is 0 Å². The van der Waals surface area contributed by atoms with Crippen LogP contribution in [-0.4, -0.2) is 37.7 Å². The number of amides is 1. The fourth-order valence-corrected chi connectivity index (χ4v) is 4.31. The summed E-state index contributed by atoms with van der Waals surface area (Å²) in [4.78, 5) is 12.2. The van der Waals surface area contributed by atoms with Crippen molar-refractivity contribution in [1.82, 2.24) is 14.9 Å². The lowest BCUT2D eigenvalue weighted by Crippen LogP contribution is -2.28. The number of rotatable bonds is 8. The maximum absolute atomic E-state index is 12.3. The standard InChI is InChI=1S/C19H20N4O4S2/c1-13-6-8-16(9-7-13)27-11-10-20-29(25,26)19-23-22-18(28-19)21-17(24)15-5-3-4-14(2)12-15/h3-9,12,20H,10-11H2,1-2H3,(H,21,22,24). The summed E-state index contributed by atoms with van der Waals surface area (Å²) < 4.78 is 32.3. The van der Waals surface area contributed by atoms with E-state index in [1.165, 1.54) is 0 Å². The number of sulfonamides is 1. The number of hydrogen-bond donors (Lipinski definition) is 2. The van der Waals surface area contributed by atoms with Crippen LogP contribution >= 0.6 is 11.3 Å². The zero-order chi connectivity index (χ0) is 20.9. The third-order valence-electron chi connectivity index (χ3n) is 3.82. The van der Waals surface area contributed by atoms with Crippen molar-refractivity contribution >= 4 is 32.4 Å². The largest absolute Gasteiger partial charge is 0.492 e. The van der Waals surface area contributed by atoms with E-state index in [2.05, 4.69) is 20.2 Å². The Morgan fingerprint density at radius 2 is 1.83 bits per heavy atom. The molecule has 3 rings (SSSR count). The molecule has 2 N–H and O–H groups in total. The molecule has 0 aliphatic heterocycles. The molecular formula is C19H20N4O4S2. The fourth-order valence-electron chi connectivity index (χ4n) is 2.37. The lowest BCUT2D eigenvalue weighted by Gasteiger charge is -2.07. The zero-order valence-corrected chi connectivity index (χ0v) is 17.5. The average Bonchev–Trinajstić information content (AvgIpc) is 3.16. The first-order valence-corrected chi connectivity index (χ1v) is 11.0. The van der Waals surface area contributed by atoms with Crippen molar-refractivity contribution in [2.24, 2.45) is 0 Å². The number of carbonyl (C=O) groups is 1. The number of aromatic nitrogens is 2. The summed E-state index contributed by atoms with van der Waals surface area (Å²) in [7, 11) is -3.84. The molecule has 2 aromatic carbocycles. The molecule has 0 unspecified atom stereocenters. The van der Waals surface area contributed by atoms with Crippen molar-refractivity contribution in [3.05, 3.63) is 65.2 Å². The van der Waals surface area contributed by atoms with Crippen LogP contribution in [0.5, 0.6) is 5.75 Å². The van der Waals surface area contributed by atoms with Gasteiger partial charge in [-0.05, 0) is 38.1 Å². The molecule has 1 aromatic heterocycles. The van der Waals surface area contributed by atoms with Gasteiger partial charge < -0.3 is 4.74 Å². The molecule has 1 amide bonds. The molecule has 0 atom stereocenters. The summed E-state index contributed by atoms with van der Waals surface area (Å²) in [5.41, 5.74) is 2.51. The molecular weight excluding hydrogens is 412 g/mol. The van der Waals surface area contributed by atoms with E-state index in [4.69, 9.17) is 4.74 Å². The van der Waals surface area contributed by atoms with Crippen molar-refractivity contribution < 1.29 is 17.9 Å². The first-order chi connectivity index (χ1) is 13.8. The topological polar surface area (TPSA) is 110 Å². The van der Waals surface area contributed by atoms with E-state index < -0.39 is 10.0 Å². The van der Waals surface area contributed by atoms with Crippen LogP contribution in [0.15, 0.2) is 52.9 Å². The van der Waals surface area contributed by atoms with Gasteiger partial charge in [-0.25, -0.2) is 13.1 Å². The highest BCUT2D eigenvalue weighted by molar-refractivity contribution is 7.91. The summed E-state index contributed by atoms with van der Waals surface area (Å²) in [6.45, 7) is 4.08. The van der Waals surface area contributed by atoms with Gasteiger partial charge in [-0.1, -0.05) is 46.7 Å². The SMILES string of the molecule is Cc1ccc(OCCNS(=O)(=O)c2nnc(NC(=O)c3cccc(C)c3)s2)cc1. The van der Waals surface area contributed by atoms with Gasteiger partial charge in [0, 0.05) is 12.1 Å². The molecule has 0 bridgehead atoms. The number of nitrogens with zero attached hydrogens (tertiary/aromatic N) is 2. The van der Waals surface area contributed by atoms with Crippen LogP contribution in [-0.2, 0) is 10.0 Å². The van der Waals surface area contributed by atoms with E-state index in [-0.39, 0.29) is 28.5 Å². The molecule has 3 aromatic rings. The number of benzene rings is 2. The van der Waals surface area contributed by atoms with Crippen LogP contribution in [0.4, 0.5) is 5.13 Å². The summed E-state index contributed by atoms with van der Waals surface area (Å²) in [6, 6.07) is 14.5. The van der Waals surface area contributed by atoms with Crippen LogP contribution in [0.25, 0.3) is 0 Å². The second-order valence-corrected chi connectivity index (χ2v) is 9.17. The van der Waals surface area contributed by atoms with Crippen LogP contribution in [0, 0.1) is 13.8 Å². The molecule has 0 saturated carbocycles.